The number of nitrogens with one attached hydrogen (secondary N) is 2. The average molecular weight is 303 g/mol. The number of hydrogen-bond donors (Lipinski definition) is 2. The van der Waals surface area contributed by atoms with Crippen LogP contribution in [0, 0.1) is 6.92 Å². The number of rotatable bonds is 6. The number of amides is 2. The summed E-state index contributed by atoms with van der Waals surface area (Å²) in [6.07, 6.45) is 2.39. The van der Waals surface area contributed by atoms with Gasteiger partial charge in [0, 0.05) is 29.7 Å². The van der Waals surface area contributed by atoms with Gasteiger partial charge in [0.2, 0.25) is 5.91 Å². The van der Waals surface area contributed by atoms with Crippen molar-refractivity contribution in [2.45, 2.75) is 13.3 Å². The van der Waals surface area contributed by atoms with Crippen LogP contribution in [0.1, 0.15) is 20.2 Å². The van der Waals surface area contributed by atoms with Gasteiger partial charge in [-0.1, -0.05) is 6.07 Å². The molecule has 0 aromatic carbocycles. The minimum Gasteiger partial charge on any atom is -0.354 e. The molecule has 6 heteroatoms. The van der Waals surface area contributed by atoms with E-state index in [0.717, 1.165) is 10.6 Å². The number of pyridine rings is 1. The van der Waals surface area contributed by atoms with Crippen molar-refractivity contribution in [1.82, 2.24) is 15.6 Å². The summed E-state index contributed by atoms with van der Waals surface area (Å²) in [5.74, 6) is -0.416. The van der Waals surface area contributed by atoms with Gasteiger partial charge in [-0.25, -0.2) is 0 Å². The molecule has 0 radical (unpaired) electrons. The van der Waals surface area contributed by atoms with Crippen LogP contribution in [0.5, 0.6) is 0 Å². The highest BCUT2D eigenvalue weighted by Gasteiger charge is 2.09. The summed E-state index contributed by atoms with van der Waals surface area (Å²) in [4.78, 5) is 29.3. The quantitative estimate of drug-likeness (QED) is 0.850. The van der Waals surface area contributed by atoms with Gasteiger partial charge < -0.3 is 10.6 Å². The predicted octanol–water partition coefficient (Wildman–Crippen LogP) is 1.54. The number of carbonyl (C=O) groups is 2. The zero-order valence-electron chi connectivity index (χ0n) is 11.8. The van der Waals surface area contributed by atoms with Crippen LogP contribution < -0.4 is 10.6 Å². The van der Waals surface area contributed by atoms with Crippen molar-refractivity contribution in [3.63, 3.8) is 0 Å². The number of thiophene rings is 1. The third-order valence-corrected chi connectivity index (χ3v) is 3.80. The van der Waals surface area contributed by atoms with Crippen LogP contribution in [0.25, 0.3) is 0 Å². The second-order valence-electron chi connectivity index (χ2n) is 4.51. The van der Waals surface area contributed by atoms with Gasteiger partial charge in [0.05, 0.1) is 11.4 Å². The van der Waals surface area contributed by atoms with E-state index in [-0.39, 0.29) is 18.4 Å². The third-order valence-electron chi connectivity index (χ3n) is 2.80. The Balaban J connectivity index is 1.67. The summed E-state index contributed by atoms with van der Waals surface area (Å²) in [5.41, 5.74) is 0.927. The van der Waals surface area contributed by atoms with Crippen molar-refractivity contribution in [3.05, 3.63) is 52.0 Å². The minimum absolute atomic E-state index is 0.0159. The molecule has 0 aliphatic carbocycles. The summed E-state index contributed by atoms with van der Waals surface area (Å²) in [5, 5.41) is 5.36. The average Bonchev–Trinajstić information content (AvgIpc) is 2.92. The Morgan fingerprint density at radius 1 is 1.19 bits per heavy atom. The molecule has 0 fully saturated rings. The first kappa shape index (κ1) is 15.2. The molecule has 0 saturated carbocycles. The van der Waals surface area contributed by atoms with Gasteiger partial charge in [0.15, 0.2) is 0 Å². The third kappa shape index (κ3) is 5.00. The fraction of sp³-hybridized carbons (Fsp3) is 0.267. The monoisotopic (exact) mass is 303 g/mol. The molecular weight excluding hydrogens is 286 g/mol. The Hall–Kier alpha value is -2.21. The predicted molar refractivity (Wildman–Crippen MR) is 82.3 cm³/mol. The van der Waals surface area contributed by atoms with E-state index < -0.39 is 0 Å². The normalized spacial score (nSPS) is 10.1. The molecule has 0 atom stereocenters. The van der Waals surface area contributed by atoms with Crippen LogP contribution in [0.4, 0.5) is 0 Å². The van der Waals surface area contributed by atoms with Crippen molar-refractivity contribution in [1.29, 1.82) is 0 Å². The van der Waals surface area contributed by atoms with E-state index in [1.807, 2.05) is 31.2 Å². The van der Waals surface area contributed by atoms with Crippen molar-refractivity contribution in [3.8, 4) is 0 Å². The van der Waals surface area contributed by atoms with Crippen LogP contribution in [0.3, 0.4) is 0 Å². The highest BCUT2D eigenvalue weighted by atomic mass is 32.1. The molecule has 0 saturated heterocycles. The SMILES string of the molecule is Cc1ccc(C(=O)NCC(=O)NCCc2ccccn2)s1. The smallest absolute Gasteiger partial charge is 0.261 e. The molecule has 2 N–H and O–H groups in total. The van der Waals surface area contributed by atoms with Gasteiger partial charge >= 0.3 is 0 Å². The maximum absolute atomic E-state index is 11.8. The molecule has 0 unspecified atom stereocenters. The lowest BCUT2D eigenvalue weighted by atomic mass is 10.3. The van der Waals surface area contributed by atoms with E-state index >= 15 is 0 Å². The van der Waals surface area contributed by atoms with Crippen molar-refractivity contribution >= 4 is 23.2 Å². The van der Waals surface area contributed by atoms with Crippen LogP contribution >= 0.6 is 11.3 Å². The zero-order chi connectivity index (χ0) is 15.1. The largest absolute Gasteiger partial charge is 0.354 e. The minimum atomic E-state index is -0.215. The summed E-state index contributed by atoms with van der Waals surface area (Å²) in [7, 11) is 0. The van der Waals surface area contributed by atoms with Gasteiger partial charge in [-0.05, 0) is 31.2 Å². The van der Waals surface area contributed by atoms with Crippen molar-refractivity contribution < 1.29 is 9.59 Å². The van der Waals surface area contributed by atoms with Crippen LogP contribution in [-0.4, -0.2) is 29.9 Å². The molecular formula is C15H17N3O2S. The molecule has 2 heterocycles. The summed E-state index contributed by atoms with van der Waals surface area (Å²) in [6.45, 7) is 2.42. The van der Waals surface area contributed by atoms with Gasteiger partial charge in [0.25, 0.3) is 5.91 Å². The Labute approximate surface area is 127 Å². The Bertz CT molecular complexity index is 610. The number of hydrogen-bond acceptors (Lipinski definition) is 4. The molecule has 21 heavy (non-hydrogen) atoms. The highest BCUT2D eigenvalue weighted by molar-refractivity contribution is 7.13. The highest BCUT2D eigenvalue weighted by Crippen LogP contribution is 2.14. The molecule has 0 spiro atoms. The van der Waals surface area contributed by atoms with Gasteiger partial charge in [0.1, 0.15) is 0 Å². The number of carbonyl (C=O) groups excluding carboxylic acids is 2. The van der Waals surface area contributed by atoms with Crippen LogP contribution in [0.2, 0.25) is 0 Å². The Kier molecular flexibility index (Phi) is 5.45. The number of aromatic nitrogens is 1. The standard InChI is InChI=1S/C15H17N3O2S/c1-11-5-6-13(21-11)15(20)18-10-14(19)17-9-7-12-4-2-3-8-16-12/h2-6,8H,7,9-10H2,1H3,(H,17,19)(H,18,20). The Morgan fingerprint density at radius 3 is 2.71 bits per heavy atom. The molecule has 2 aromatic rings. The molecule has 2 amide bonds. The van der Waals surface area contributed by atoms with Crippen LogP contribution in [-0.2, 0) is 11.2 Å². The topological polar surface area (TPSA) is 71.1 Å². The molecule has 0 aliphatic rings. The van der Waals surface area contributed by atoms with Gasteiger partial charge in [-0.3, -0.25) is 14.6 Å². The molecule has 2 aromatic heterocycles. The van der Waals surface area contributed by atoms with E-state index in [4.69, 9.17) is 0 Å². The van der Waals surface area contributed by atoms with E-state index in [9.17, 15) is 9.59 Å². The summed E-state index contributed by atoms with van der Waals surface area (Å²) < 4.78 is 0. The fourth-order valence-electron chi connectivity index (χ4n) is 1.74. The molecule has 2 rings (SSSR count). The lowest BCUT2D eigenvalue weighted by molar-refractivity contribution is -0.120. The lowest BCUT2D eigenvalue weighted by Crippen LogP contribution is -2.37. The molecule has 0 aliphatic heterocycles. The van der Waals surface area contributed by atoms with Gasteiger partial charge in [-0.2, -0.15) is 0 Å². The first-order valence-corrected chi connectivity index (χ1v) is 7.48. The van der Waals surface area contributed by atoms with E-state index in [2.05, 4.69) is 15.6 Å². The molecule has 110 valence electrons. The number of nitrogens with zero attached hydrogens (tertiary/aromatic N) is 1. The van der Waals surface area contributed by atoms with E-state index in [0.29, 0.717) is 17.8 Å². The van der Waals surface area contributed by atoms with Gasteiger partial charge in [-0.15, -0.1) is 11.3 Å². The zero-order valence-corrected chi connectivity index (χ0v) is 12.6. The van der Waals surface area contributed by atoms with E-state index in [1.54, 1.807) is 12.3 Å². The number of aryl methyl sites for hydroxylation is 1. The fourth-order valence-corrected chi connectivity index (χ4v) is 2.53. The Morgan fingerprint density at radius 2 is 2.05 bits per heavy atom. The lowest BCUT2D eigenvalue weighted by Gasteiger charge is -2.06. The van der Waals surface area contributed by atoms with Crippen molar-refractivity contribution in [2.24, 2.45) is 0 Å². The van der Waals surface area contributed by atoms with E-state index in [1.165, 1.54) is 11.3 Å². The first-order valence-electron chi connectivity index (χ1n) is 6.66. The molecule has 0 bridgehead atoms. The molecule has 5 nitrogen and oxygen atoms in total. The second kappa shape index (κ2) is 7.54. The summed E-state index contributed by atoms with van der Waals surface area (Å²) >= 11 is 1.41. The maximum atomic E-state index is 11.8. The second-order valence-corrected chi connectivity index (χ2v) is 5.80. The first-order chi connectivity index (χ1) is 10.1. The van der Waals surface area contributed by atoms with Crippen molar-refractivity contribution in [2.75, 3.05) is 13.1 Å². The van der Waals surface area contributed by atoms with Crippen LogP contribution in [0.15, 0.2) is 36.5 Å². The maximum Gasteiger partial charge on any atom is 0.261 e. The summed E-state index contributed by atoms with van der Waals surface area (Å²) in [6, 6.07) is 9.31.